The second-order valence-electron chi connectivity index (χ2n) is 6.25. The van der Waals surface area contributed by atoms with Gasteiger partial charge in [0.25, 0.3) is 0 Å². The van der Waals surface area contributed by atoms with E-state index < -0.39 is 0 Å². The Kier molecular flexibility index (Phi) is 6.94. The normalized spacial score (nSPS) is 19.1. The molecule has 1 saturated carbocycles. The molecule has 0 radical (unpaired) electrons. The highest BCUT2D eigenvalue weighted by atomic mass is 15.0. The summed E-state index contributed by atoms with van der Waals surface area (Å²) in [6.07, 6.45) is 9.16. The average Bonchev–Trinajstić information content (AvgIpc) is 3.27. The van der Waals surface area contributed by atoms with Crippen LogP contribution in [0.3, 0.4) is 0 Å². The van der Waals surface area contributed by atoms with Gasteiger partial charge in [0, 0.05) is 35.6 Å². The number of nitrogens with one attached hydrogen (secondary N) is 1. The van der Waals surface area contributed by atoms with Gasteiger partial charge < -0.3 is 22.5 Å². The molecular weight excluding hydrogens is 286 g/mol. The van der Waals surface area contributed by atoms with Crippen LogP contribution in [-0.4, -0.2) is 12.4 Å². The van der Waals surface area contributed by atoms with Gasteiger partial charge in [-0.3, -0.25) is 0 Å². The first-order valence-electron chi connectivity index (χ1n) is 8.13. The van der Waals surface area contributed by atoms with Crippen LogP contribution in [0.25, 0.3) is 0 Å². The van der Waals surface area contributed by atoms with Crippen LogP contribution in [0.5, 0.6) is 0 Å². The highest BCUT2D eigenvalue weighted by Gasteiger charge is 2.49. The minimum Gasteiger partial charge on any atom is -0.405 e. The van der Waals surface area contributed by atoms with Gasteiger partial charge in [-0.25, -0.2) is 4.99 Å². The molecular formula is C18H31N5. The highest BCUT2D eigenvalue weighted by molar-refractivity contribution is 6.01. The molecule has 0 amide bonds. The Bertz CT molecular complexity index is 520. The molecule has 0 saturated heterocycles. The summed E-state index contributed by atoms with van der Waals surface area (Å²) in [6.45, 7) is 12.4. The van der Waals surface area contributed by atoms with Crippen LogP contribution in [0.2, 0.25) is 0 Å². The van der Waals surface area contributed by atoms with E-state index in [1.807, 2.05) is 6.92 Å². The molecule has 1 aliphatic rings. The van der Waals surface area contributed by atoms with E-state index in [-0.39, 0.29) is 5.41 Å². The lowest BCUT2D eigenvalue weighted by Gasteiger charge is -2.28. The molecule has 1 atom stereocenters. The second-order valence-corrected chi connectivity index (χ2v) is 6.25. The van der Waals surface area contributed by atoms with Gasteiger partial charge in [0.15, 0.2) is 0 Å². The van der Waals surface area contributed by atoms with Crippen molar-refractivity contribution in [3.05, 3.63) is 48.6 Å². The zero-order valence-electron chi connectivity index (χ0n) is 14.4. The Hall–Kier alpha value is -2.17. The number of nitrogens with zero attached hydrogens (tertiary/aromatic N) is 1. The molecule has 0 spiro atoms. The Balaban J connectivity index is 2.92. The average molecular weight is 317 g/mol. The Morgan fingerprint density at radius 2 is 2.04 bits per heavy atom. The fourth-order valence-corrected chi connectivity index (χ4v) is 3.04. The van der Waals surface area contributed by atoms with Gasteiger partial charge in [0.05, 0.1) is 0 Å². The summed E-state index contributed by atoms with van der Waals surface area (Å²) in [5.74, 6) is 1.02. The minimum atomic E-state index is 0.170. The maximum atomic E-state index is 6.04. The standard InChI is InChI=1S/C18H31N5/c1-5-7-16(14(4)21)18(9-10-18)12-23-17(22-6-2)15(8-11-19)13(3)20/h6,8,11,16H,2,4-5,7,9-10,12,19-21H2,1,3H3,(H,22,23)/b11-8-,15-13?/t16-/m1/s1. The van der Waals surface area contributed by atoms with Crippen molar-refractivity contribution in [2.24, 2.45) is 33.5 Å². The van der Waals surface area contributed by atoms with E-state index in [1.165, 1.54) is 12.4 Å². The van der Waals surface area contributed by atoms with E-state index in [1.54, 1.807) is 6.08 Å². The van der Waals surface area contributed by atoms with E-state index >= 15 is 0 Å². The molecule has 128 valence electrons. The van der Waals surface area contributed by atoms with Crippen molar-refractivity contribution in [1.29, 1.82) is 0 Å². The van der Waals surface area contributed by atoms with E-state index in [9.17, 15) is 0 Å². The predicted molar refractivity (Wildman–Crippen MR) is 99.2 cm³/mol. The van der Waals surface area contributed by atoms with Crippen molar-refractivity contribution in [1.82, 2.24) is 5.32 Å². The number of hydrogen-bond donors (Lipinski definition) is 4. The third-order valence-electron chi connectivity index (χ3n) is 4.43. The van der Waals surface area contributed by atoms with Gasteiger partial charge in [-0.15, -0.1) is 0 Å². The smallest absolute Gasteiger partial charge is 0.134 e. The molecule has 0 aromatic carbocycles. The summed E-state index contributed by atoms with van der Waals surface area (Å²) >= 11 is 0. The van der Waals surface area contributed by atoms with E-state index in [4.69, 9.17) is 17.2 Å². The Morgan fingerprint density at radius 3 is 2.43 bits per heavy atom. The van der Waals surface area contributed by atoms with E-state index in [2.05, 4.69) is 30.4 Å². The Labute approximate surface area is 140 Å². The zero-order chi connectivity index (χ0) is 17.5. The predicted octanol–water partition coefficient (Wildman–Crippen LogP) is 2.49. The molecule has 0 heterocycles. The van der Waals surface area contributed by atoms with Gasteiger partial charge in [-0.2, -0.15) is 0 Å². The summed E-state index contributed by atoms with van der Waals surface area (Å²) < 4.78 is 0. The molecule has 0 aliphatic heterocycles. The van der Waals surface area contributed by atoms with Crippen molar-refractivity contribution >= 4 is 5.84 Å². The largest absolute Gasteiger partial charge is 0.405 e. The fraction of sp³-hybridized carbons (Fsp3) is 0.500. The molecule has 1 aliphatic carbocycles. The summed E-state index contributed by atoms with van der Waals surface area (Å²) in [4.78, 5) is 4.32. The van der Waals surface area contributed by atoms with Gasteiger partial charge in [-0.1, -0.05) is 26.5 Å². The molecule has 1 fully saturated rings. The van der Waals surface area contributed by atoms with E-state index in [0.717, 1.165) is 43.5 Å². The molecule has 23 heavy (non-hydrogen) atoms. The number of amidine groups is 1. The fourth-order valence-electron chi connectivity index (χ4n) is 3.04. The maximum absolute atomic E-state index is 6.04. The monoisotopic (exact) mass is 317 g/mol. The van der Waals surface area contributed by atoms with Gasteiger partial charge in [0.2, 0.25) is 0 Å². The first-order valence-corrected chi connectivity index (χ1v) is 8.13. The Morgan fingerprint density at radius 1 is 1.39 bits per heavy atom. The molecule has 0 aromatic heterocycles. The molecule has 7 N–H and O–H groups in total. The first-order chi connectivity index (χ1) is 10.9. The SMILES string of the molecule is C=C/N=C(/NCC1([C@H](CCC)C(=C)N)CC1)C(/C=C\N)=C(C)N. The van der Waals surface area contributed by atoms with Gasteiger partial charge in [-0.05, 0) is 43.9 Å². The molecule has 1 rings (SSSR count). The number of nitrogens with two attached hydrogens (primary N) is 3. The number of aliphatic imine (C=N–C) groups is 1. The van der Waals surface area contributed by atoms with Crippen LogP contribution < -0.4 is 22.5 Å². The third kappa shape index (κ3) is 4.91. The lowest BCUT2D eigenvalue weighted by molar-refractivity contribution is 0.327. The lowest BCUT2D eigenvalue weighted by Crippen LogP contribution is -2.36. The molecule has 0 unspecified atom stereocenters. The highest BCUT2D eigenvalue weighted by Crippen LogP contribution is 2.54. The quantitative estimate of drug-likeness (QED) is 0.298. The van der Waals surface area contributed by atoms with Gasteiger partial charge >= 0.3 is 0 Å². The van der Waals surface area contributed by atoms with Crippen LogP contribution in [0.4, 0.5) is 0 Å². The number of allylic oxidation sites excluding steroid dienone is 2. The third-order valence-corrected chi connectivity index (χ3v) is 4.43. The van der Waals surface area contributed by atoms with E-state index in [0.29, 0.717) is 17.5 Å². The van der Waals surface area contributed by atoms with Crippen molar-refractivity contribution < 1.29 is 0 Å². The lowest BCUT2D eigenvalue weighted by atomic mass is 9.83. The number of hydrogen-bond acceptors (Lipinski definition) is 4. The maximum Gasteiger partial charge on any atom is 0.134 e. The summed E-state index contributed by atoms with van der Waals surface area (Å²) in [5, 5.41) is 3.42. The molecule has 5 nitrogen and oxygen atoms in total. The van der Waals surface area contributed by atoms with Crippen LogP contribution in [-0.2, 0) is 0 Å². The van der Waals surface area contributed by atoms with Crippen molar-refractivity contribution in [3.63, 3.8) is 0 Å². The summed E-state index contributed by atoms with van der Waals surface area (Å²) in [6, 6.07) is 0. The zero-order valence-corrected chi connectivity index (χ0v) is 14.4. The van der Waals surface area contributed by atoms with Crippen molar-refractivity contribution in [2.45, 2.75) is 39.5 Å². The van der Waals surface area contributed by atoms with Crippen molar-refractivity contribution in [2.75, 3.05) is 6.54 Å². The molecule has 5 heteroatoms. The van der Waals surface area contributed by atoms with Crippen molar-refractivity contribution in [3.8, 4) is 0 Å². The van der Waals surface area contributed by atoms with Crippen LogP contribution in [0.15, 0.2) is 53.6 Å². The summed E-state index contributed by atoms with van der Waals surface area (Å²) in [5.41, 5.74) is 19.9. The second kappa shape index (κ2) is 8.46. The van der Waals surface area contributed by atoms with Crippen LogP contribution in [0, 0.1) is 11.3 Å². The minimum absolute atomic E-state index is 0.170. The van der Waals surface area contributed by atoms with Crippen LogP contribution in [0.1, 0.15) is 39.5 Å². The first kappa shape index (κ1) is 18.9. The van der Waals surface area contributed by atoms with Crippen LogP contribution >= 0.6 is 0 Å². The molecule has 0 bridgehead atoms. The number of rotatable bonds is 9. The van der Waals surface area contributed by atoms with Gasteiger partial charge in [0.1, 0.15) is 5.84 Å². The summed E-state index contributed by atoms with van der Waals surface area (Å²) in [7, 11) is 0. The molecule has 0 aromatic rings. The topological polar surface area (TPSA) is 102 Å².